The number of hydrazone groups is 1. The van der Waals surface area contributed by atoms with E-state index in [4.69, 9.17) is 12.2 Å². The van der Waals surface area contributed by atoms with Gasteiger partial charge >= 0.3 is 0 Å². The maximum absolute atomic E-state index is 9.23. The van der Waals surface area contributed by atoms with Crippen LogP contribution in [0.3, 0.4) is 0 Å². The number of hydrogen-bond acceptors (Lipinski definition) is 3. The van der Waals surface area contributed by atoms with Crippen molar-refractivity contribution >= 4 is 28.7 Å². The summed E-state index contributed by atoms with van der Waals surface area (Å²) >= 11 is 5.16. The minimum atomic E-state index is 0.232. The summed E-state index contributed by atoms with van der Waals surface area (Å²) in [6, 6.07) is 16.5. The Balaban J connectivity index is 1.95. The average molecular weight is 285 g/mol. The molecule has 102 valence electrons. The molecular formula is C15H15N3OS. The SMILES string of the molecule is C/C(=N/NC(=S)Nc1ccccc1)c1ccc(O)cc1. The predicted molar refractivity (Wildman–Crippen MR) is 86.1 cm³/mol. The first-order chi connectivity index (χ1) is 9.65. The maximum atomic E-state index is 9.23. The standard InChI is InChI=1S/C15H15N3OS/c1-11(12-7-9-14(19)10-8-12)17-18-15(20)16-13-5-3-2-4-6-13/h2-10,19H,1H3,(H2,16,18,20)/b17-11-. The van der Waals surface area contributed by atoms with Crippen molar-refractivity contribution in [3.8, 4) is 5.75 Å². The number of thiocarbonyl (C=S) groups is 1. The zero-order valence-corrected chi connectivity index (χ0v) is 11.8. The van der Waals surface area contributed by atoms with Crippen molar-refractivity contribution in [2.75, 3.05) is 5.32 Å². The fraction of sp³-hybridized carbons (Fsp3) is 0.0667. The van der Waals surface area contributed by atoms with Crippen LogP contribution in [0.15, 0.2) is 59.7 Å². The Morgan fingerprint density at radius 1 is 1.05 bits per heavy atom. The smallest absolute Gasteiger partial charge is 0.191 e. The summed E-state index contributed by atoms with van der Waals surface area (Å²) in [4.78, 5) is 0. The second-order valence-corrected chi connectivity index (χ2v) is 4.58. The van der Waals surface area contributed by atoms with Crippen molar-refractivity contribution < 1.29 is 5.11 Å². The van der Waals surface area contributed by atoms with E-state index in [0.717, 1.165) is 17.0 Å². The fourth-order valence-electron chi connectivity index (χ4n) is 1.58. The van der Waals surface area contributed by atoms with E-state index < -0.39 is 0 Å². The van der Waals surface area contributed by atoms with Gasteiger partial charge in [-0.25, -0.2) is 0 Å². The molecule has 0 aromatic heterocycles. The monoisotopic (exact) mass is 285 g/mol. The van der Waals surface area contributed by atoms with Gasteiger partial charge in [0.1, 0.15) is 5.75 Å². The number of phenols is 1. The number of phenolic OH excluding ortho intramolecular Hbond substituents is 1. The molecule has 0 aliphatic carbocycles. The topological polar surface area (TPSA) is 56.7 Å². The molecule has 0 bridgehead atoms. The zero-order chi connectivity index (χ0) is 14.4. The predicted octanol–water partition coefficient (Wildman–Crippen LogP) is 3.10. The summed E-state index contributed by atoms with van der Waals surface area (Å²) in [7, 11) is 0. The van der Waals surface area contributed by atoms with Crippen LogP contribution in [0, 0.1) is 0 Å². The van der Waals surface area contributed by atoms with Crippen LogP contribution in [0.25, 0.3) is 0 Å². The van der Waals surface area contributed by atoms with E-state index in [9.17, 15) is 5.11 Å². The van der Waals surface area contributed by atoms with Crippen LogP contribution in [0.5, 0.6) is 5.75 Å². The molecule has 2 rings (SSSR count). The van der Waals surface area contributed by atoms with Gasteiger partial charge in [0, 0.05) is 5.69 Å². The zero-order valence-electron chi connectivity index (χ0n) is 11.0. The first-order valence-electron chi connectivity index (χ1n) is 6.11. The molecule has 0 amide bonds. The third-order valence-electron chi connectivity index (χ3n) is 2.64. The quantitative estimate of drug-likeness (QED) is 0.461. The molecule has 0 unspecified atom stereocenters. The highest BCUT2D eigenvalue weighted by atomic mass is 32.1. The molecule has 4 nitrogen and oxygen atoms in total. The highest BCUT2D eigenvalue weighted by Gasteiger charge is 1.99. The van der Waals surface area contributed by atoms with Gasteiger partial charge < -0.3 is 10.4 Å². The molecule has 20 heavy (non-hydrogen) atoms. The Hall–Kier alpha value is -2.40. The van der Waals surface area contributed by atoms with Gasteiger partial charge in [-0.2, -0.15) is 5.10 Å². The number of anilines is 1. The summed E-state index contributed by atoms with van der Waals surface area (Å²) in [6.45, 7) is 1.87. The van der Waals surface area contributed by atoms with Gasteiger partial charge in [0.25, 0.3) is 0 Å². The van der Waals surface area contributed by atoms with Crippen molar-refractivity contribution in [3.63, 3.8) is 0 Å². The summed E-state index contributed by atoms with van der Waals surface area (Å²) in [6.07, 6.45) is 0. The molecule has 0 aliphatic rings. The van der Waals surface area contributed by atoms with Gasteiger partial charge in [-0.3, -0.25) is 5.43 Å². The van der Waals surface area contributed by atoms with Crippen molar-refractivity contribution in [1.29, 1.82) is 0 Å². The van der Waals surface area contributed by atoms with Gasteiger partial charge in [-0.15, -0.1) is 0 Å². The van der Waals surface area contributed by atoms with Gasteiger partial charge in [0.2, 0.25) is 0 Å². The fourth-order valence-corrected chi connectivity index (χ4v) is 1.75. The Bertz CT molecular complexity index is 609. The number of nitrogens with one attached hydrogen (secondary N) is 2. The van der Waals surface area contributed by atoms with Gasteiger partial charge in [0.05, 0.1) is 5.71 Å². The number of nitrogens with zero attached hydrogens (tertiary/aromatic N) is 1. The minimum Gasteiger partial charge on any atom is -0.508 e. The van der Waals surface area contributed by atoms with Gasteiger partial charge in [-0.05, 0) is 61.1 Å². The third-order valence-corrected chi connectivity index (χ3v) is 2.84. The average Bonchev–Trinajstić information content (AvgIpc) is 2.46. The maximum Gasteiger partial charge on any atom is 0.191 e. The summed E-state index contributed by atoms with van der Waals surface area (Å²) < 4.78 is 0. The molecule has 3 N–H and O–H groups in total. The van der Waals surface area contributed by atoms with E-state index in [1.54, 1.807) is 24.3 Å². The number of para-hydroxylation sites is 1. The Kier molecular flexibility index (Phi) is 4.68. The van der Waals surface area contributed by atoms with Crippen molar-refractivity contribution in [3.05, 3.63) is 60.2 Å². The van der Waals surface area contributed by atoms with Gasteiger partial charge in [0.15, 0.2) is 5.11 Å². The lowest BCUT2D eigenvalue weighted by Crippen LogP contribution is -2.24. The Labute approximate surface area is 123 Å². The molecule has 0 aliphatic heterocycles. The van der Waals surface area contributed by atoms with Crippen molar-refractivity contribution in [2.45, 2.75) is 6.92 Å². The molecular weight excluding hydrogens is 270 g/mol. The number of benzene rings is 2. The number of aromatic hydroxyl groups is 1. The molecule has 0 saturated carbocycles. The van der Waals surface area contributed by atoms with Crippen LogP contribution >= 0.6 is 12.2 Å². The van der Waals surface area contributed by atoms with Crippen LogP contribution in [-0.4, -0.2) is 15.9 Å². The lowest BCUT2D eigenvalue weighted by molar-refractivity contribution is 0.475. The van der Waals surface area contributed by atoms with E-state index in [0.29, 0.717) is 5.11 Å². The molecule has 2 aromatic rings. The van der Waals surface area contributed by atoms with Crippen LogP contribution in [0.4, 0.5) is 5.69 Å². The second kappa shape index (κ2) is 6.68. The normalized spacial score (nSPS) is 10.9. The Morgan fingerprint density at radius 2 is 1.70 bits per heavy atom. The number of rotatable bonds is 3. The molecule has 0 heterocycles. The molecule has 0 spiro atoms. The number of hydrogen-bond donors (Lipinski definition) is 3. The lowest BCUT2D eigenvalue weighted by Gasteiger charge is -2.07. The van der Waals surface area contributed by atoms with E-state index in [1.165, 1.54) is 0 Å². The first-order valence-corrected chi connectivity index (χ1v) is 6.52. The van der Waals surface area contributed by atoms with Crippen LogP contribution in [-0.2, 0) is 0 Å². The molecule has 0 fully saturated rings. The summed E-state index contributed by atoms with van der Waals surface area (Å²) in [5.41, 5.74) is 5.39. The van der Waals surface area contributed by atoms with Crippen LogP contribution < -0.4 is 10.7 Å². The highest BCUT2D eigenvalue weighted by Crippen LogP contribution is 2.10. The molecule has 5 heteroatoms. The van der Waals surface area contributed by atoms with E-state index in [2.05, 4.69) is 15.8 Å². The van der Waals surface area contributed by atoms with Crippen molar-refractivity contribution in [2.24, 2.45) is 5.10 Å². The summed E-state index contributed by atoms with van der Waals surface area (Å²) in [5, 5.41) is 16.9. The summed E-state index contributed by atoms with van der Waals surface area (Å²) in [5.74, 6) is 0.232. The largest absolute Gasteiger partial charge is 0.508 e. The van der Waals surface area contributed by atoms with Crippen molar-refractivity contribution in [1.82, 2.24) is 5.43 Å². The third kappa shape index (κ3) is 4.07. The van der Waals surface area contributed by atoms with E-state index >= 15 is 0 Å². The molecule has 0 saturated heterocycles. The van der Waals surface area contributed by atoms with E-state index in [-0.39, 0.29) is 5.75 Å². The molecule has 2 aromatic carbocycles. The lowest BCUT2D eigenvalue weighted by atomic mass is 10.1. The van der Waals surface area contributed by atoms with Crippen LogP contribution in [0.1, 0.15) is 12.5 Å². The minimum absolute atomic E-state index is 0.232. The molecule has 0 radical (unpaired) electrons. The van der Waals surface area contributed by atoms with Crippen LogP contribution in [0.2, 0.25) is 0 Å². The highest BCUT2D eigenvalue weighted by molar-refractivity contribution is 7.80. The van der Waals surface area contributed by atoms with Gasteiger partial charge in [-0.1, -0.05) is 18.2 Å². The Morgan fingerprint density at radius 3 is 2.35 bits per heavy atom. The first kappa shape index (κ1) is 14.0. The molecule has 0 atom stereocenters. The second-order valence-electron chi connectivity index (χ2n) is 4.18. The van der Waals surface area contributed by atoms with E-state index in [1.807, 2.05) is 37.3 Å².